The van der Waals surface area contributed by atoms with E-state index in [9.17, 15) is 9.18 Å². The lowest BCUT2D eigenvalue weighted by molar-refractivity contribution is 0.386. The van der Waals surface area contributed by atoms with E-state index in [0.29, 0.717) is 21.6 Å². The molecule has 0 aliphatic carbocycles. The van der Waals surface area contributed by atoms with Gasteiger partial charge in [0.15, 0.2) is 11.6 Å². The lowest BCUT2D eigenvalue weighted by Gasteiger charge is -2.06. The van der Waals surface area contributed by atoms with Crippen LogP contribution in [0.4, 0.5) is 4.39 Å². The Morgan fingerprint density at radius 3 is 2.78 bits per heavy atom. The number of benzene rings is 1. The molecule has 0 fully saturated rings. The number of H-pyrrole nitrogens is 1. The van der Waals surface area contributed by atoms with Crippen molar-refractivity contribution >= 4 is 15.9 Å². The van der Waals surface area contributed by atoms with Crippen molar-refractivity contribution in [3.8, 4) is 17.1 Å². The summed E-state index contributed by atoms with van der Waals surface area (Å²) < 4.78 is 18.6. The fourth-order valence-electron chi connectivity index (χ4n) is 1.52. The molecule has 2 aromatic rings. The van der Waals surface area contributed by atoms with E-state index in [1.54, 1.807) is 6.92 Å². The number of halogens is 2. The van der Waals surface area contributed by atoms with Crippen molar-refractivity contribution in [3.05, 3.63) is 44.5 Å². The van der Waals surface area contributed by atoms with Crippen LogP contribution in [0.5, 0.6) is 5.75 Å². The topological polar surface area (TPSA) is 55.0 Å². The molecule has 1 aromatic heterocycles. The largest absolute Gasteiger partial charge is 0.494 e. The Hall–Kier alpha value is -1.69. The number of aromatic amines is 1. The van der Waals surface area contributed by atoms with Gasteiger partial charge in [0, 0.05) is 5.56 Å². The van der Waals surface area contributed by atoms with Crippen molar-refractivity contribution in [2.75, 3.05) is 7.11 Å². The maximum absolute atomic E-state index is 13.3. The highest BCUT2D eigenvalue weighted by molar-refractivity contribution is 9.10. The molecule has 0 bridgehead atoms. The van der Waals surface area contributed by atoms with Gasteiger partial charge in [0.05, 0.1) is 12.8 Å². The minimum atomic E-state index is -0.461. The molecule has 0 atom stereocenters. The summed E-state index contributed by atoms with van der Waals surface area (Å²) in [4.78, 5) is 18.4. The van der Waals surface area contributed by atoms with Gasteiger partial charge >= 0.3 is 0 Å². The summed E-state index contributed by atoms with van der Waals surface area (Å²) in [6, 6.07) is 4.29. The first kappa shape index (κ1) is 12.8. The molecule has 0 aliphatic heterocycles. The molecule has 0 aliphatic rings. The second-order valence-corrected chi connectivity index (χ2v) is 4.46. The van der Waals surface area contributed by atoms with Crippen LogP contribution in [0.25, 0.3) is 11.4 Å². The number of methoxy groups -OCH3 is 1. The highest BCUT2D eigenvalue weighted by Gasteiger charge is 2.10. The first-order chi connectivity index (χ1) is 8.52. The maximum Gasteiger partial charge on any atom is 0.265 e. The minimum Gasteiger partial charge on any atom is -0.494 e. The normalized spacial score (nSPS) is 10.4. The number of hydrogen-bond donors (Lipinski definition) is 1. The molecule has 6 heteroatoms. The first-order valence-corrected chi connectivity index (χ1v) is 5.92. The predicted molar refractivity (Wildman–Crippen MR) is 69.2 cm³/mol. The van der Waals surface area contributed by atoms with Crippen molar-refractivity contribution in [3.63, 3.8) is 0 Å². The molecule has 2 rings (SSSR count). The number of ether oxygens (including phenoxy) is 1. The molecule has 4 nitrogen and oxygen atoms in total. The van der Waals surface area contributed by atoms with Gasteiger partial charge in [-0.25, -0.2) is 9.37 Å². The number of nitrogens with one attached hydrogen (secondary N) is 1. The van der Waals surface area contributed by atoms with E-state index >= 15 is 0 Å². The van der Waals surface area contributed by atoms with Crippen molar-refractivity contribution < 1.29 is 9.13 Å². The summed E-state index contributed by atoms with van der Waals surface area (Å²) in [5.41, 5.74) is 0.874. The summed E-state index contributed by atoms with van der Waals surface area (Å²) >= 11 is 3.13. The summed E-state index contributed by atoms with van der Waals surface area (Å²) in [6.07, 6.45) is 0. The Bertz CT molecular complexity index is 655. The van der Waals surface area contributed by atoms with Crippen molar-refractivity contribution in [1.29, 1.82) is 0 Å². The number of aryl methyl sites for hydroxylation is 1. The molecule has 0 radical (unpaired) electrons. The SMILES string of the molecule is COc1cc(-c2nc(C)c(Br)c(=O)[nH]2)ccc1F. The van der Waals surface area contributed by atoms with E-state index in [-0.39, 0.29) is 11.3 Å². The fraction of sp³-hybridized carbons (Fsp3) is 0.167. The van der Waals surface area contributed by atoms with Crippen LogP contribution in [-0.4, -0.2) is 17.1 Å². The van der Waals surface area contributed by atoms with Gasteiger partial charge in [-0.3, -0.25) is 4.79 Å². The van der Waals surface area contributed by atoms with Gasteiger partial charge in [-0.2, -0.15) is 0 Å². The molecule has 0 unspecified atom stereocenters. The third-order valence-corrected chi connectivity index (χ3v) is 3.39. The molecular weight excluding hydrogens is 303 g/mol. The highest BCUT2D eigenvalue weighted by atomic mass is 79.9. The number of aromatic nitrogens is 2. The van der Waals surface area contributed by atoms with Gasteiger partial charge in [0.2, 0.25) is 0 Å². The molecule has 94 valence electrons. The van der Waals surface area contributed by atoms with Crippen LogP contribution >= 0.6 is 15.9 Å². The zero-order chi connectivity index (χ0) is 13.3. The van der Waals surface area contributed by atoms with Crippen LogP contribution in [0.15, 0.2) is 27.5 Å². The van der Waals surface area contributed by atoms with Crippen LogP contribution in [-0.2, 0) is 0 Å². The zero-order valence-corrected chi connectivity index (χ0v) is 11.3. The molecule has 0 amide bonds. The standard InChI is InChI=1S/C12H10BrFN2O2/c1-6-10(13)12(17)16-11(15-6)7-3-4-8(14)9(5-7)18-2/h3-5H,1-2H3,(H,15,16,17). The molecule has 0 spiro atoms. The second kappa shape index (κ2) is 4.89. The average Bonchev–Trinajstić information content (AvgIpc) is 2.36. The zero-order valence-electron chi connectivity index (χ0n) is 9.75. The van der Waals surface area contributed by atoms with Gasteiger partial charge in [-0.05, 0) is 41.1 Å². The van der Waals surface area contributed by atoms with Gasteiger partial charge in [0.1, 0.15) is 10.3 Å². The Labute approximate surface area is 111 Å². The van der Waals surface area contributed by atoms with E-state index in [2.05, 4.69) is 25.9 Å². The Kier molecular flexibility index (Phi) is 3.47. The third-order valence-electron chi connectivity index (χ3n) is 2.45. The minimum absolute atomic E-state index is 0.107. The molecule has 18 heavy (non-hydrogen) atoms. The predicted octanol–water partition coefficient (Wildman–Crippen LogP) is 2.66. The number of rotatable bonds is 2. The molecule has 1 N–H and O–H groups in total. The van der Waals surface area contributed by atoms with E-state index in [1.165, 1.54) is 25.3 Å². The summed E-state index contributed by atoms with van der Waals surface area (Å²) in [6.45, 7) is 1.71. The van der Waals surface area contributed by atoms with Crippen LogP contribution < -0.4 is 10.3 Å². The third kappa shape index (κ3) is 2.28. The van der Waals surface area contributed by atoms with Gasteiger partial charge in [0.25, 0.3) is 5.56 Å². The van der Waals surface area contributed by atoms with Crippen molar-refractivity contribution in [1.82, 2.24) is 9.97 Å². The lowest BCUT2D eigenvalue weighted by Crippen LogP contribution is -2.11. The number of nitrogens with zero attached hydrogens (tertiary/aromatic N) is 1. The Balaban J connectivity index is 2.59. The molecule has 1 aromatic carbocycles. The van der Waals surface area contributed by atoms with Gasteiger partial charge in [-0.15, -0.1) is 0 Å². The van der Waals surface area contributed by atoms with Crippen LogP contribution in [0, 0.1) is 12.7 Å². The van der Waals surface area contributed by atoms with E-state index in [4.69, 9.17) is 4.74 Å². The maximum atomic E-state index is 13.3. The van der Waals surface area contributed by atoms with Crippen molar-refractivity contribution in [2.24, 2.45) is 0 Å². The lowest BCUT2D eigenvalue weighted by atomic mass is 10.2. The quantitative estimate of drug-likeness (QED) is 0.927. The summed E-state index contributed by atoms with van der Waals surface area (Å²) in [5, 5.41) is 0. The summed E-state index contributed by atoms with van der Waals surface area (Å²) in [5.74, 6) is 0.0205. The first-order valence-electron chi connectivity index (χ1n) is 5.13. The van der Waals surface area contributed by atoms with Gasteiger partial charge < -0.3 is 9.72 Å². The fourth-order valence-corrected chi connectivity index (χ4v) is 1.70. The molecule has 0 saturated heterocycles. The Morgan fingerprint density at radius 1 is 1.44 bits per heavy atom. The molecular formula is C12H10BrFN2O2. The molecule has 0 saturated carbocycles. The average molecular weight is 313 g/mol. The smallest absolute Gasteiger partial charge is 0.265 e. The second-order valence-electron chi connectivity index (χ2n) is 3.66. The monoisotopic (exact) mass is 312 g/mol. The van der Waals surface area contributed by atoms with E-state index < -0.39 is 5.82 Å². The van der Waals surface area contributed by atoms with Gasteiger partial charge in [-0.1, -0.05) is 0 Å². The van der Waals surface area contributed by atoms with Crippen LogP contribution in [0.1, 0.15) is 5.69 Å². The van der Waals surface area contributed by atoms with Crippen LogP contribution in [0.2, 0.25) is 0 Å². The van der Waals surface area contributed by atoms with Crippen molar-refractivity contribution in [2.45, 2.75) is 6.92 Å². The van der Waals surface area contributed by atoms with Crippen LogP contribution in [0.3, 0.4) is 0 Å². The van der Waals surface area contributed by atoms with E-state index in [0.717, 1.165) is 0 Å². The molecule has 1 heterocycles. The summed E-state index contributed by atoms with van der Waals surface area (Å²) in [7, 11) is 1.38. The van der Waals surface area contributed by atoms with E-state index in [1.807, 2.05) is 0 Å². The Morgan fingerprint density at radius 2 is 2.17 bits per heavy atom. The number of hydrogen-bond acceptors (Lipinski definition) is 3. The highest BCUT2D eigenvalue weighted by Crippen LogP contribution is 2.24.